The van der Waals surface area contributed by atoms with Crippen LogP contribution in [0.5, 0.6) is 0 Å². The number of rotatable bonds is 9. The van der Waals surface area contributed by atoms with E-state index in [1.165, 1.54) is 18.1 Å². The van der Waals surface area contributed by atoms with E-state index in [9.17, 15) is 19.2 Å². The molecule has 3 aromatic carbocycles. The summed E-state index contributed by atoms with van der Waals surface area (Å²) < 4.78 is 24.4. The summed E-state index contributed by atoms with van der Waals surface area (Å²) >= 11 is 4.67. The number of methoxy groups -OCH3 is 1. The molecule has 0 radical (unpaired) electrons. The second kappa shape index (κ2) is 14.8. The zero-order chi connectivity index (χ0) is 35.4. The quantitative estimate of drug-likeness (QED) is 0.205. The predicted molar refractivity (Wildman–Crippen MR) is 184 cm³/mol. The van der Waals surface area contributed by atoms with E-state index in [0.717, 1.165) is 11.1 Å². The second-order valence-corrected chi connectivity index (χ2v) is 14.7. The maximum absolute atomic E-state index is 15.2. The SMILES string of the molecule is COC(=O)c1ccc(CN(C(=O)C2Cc3ccccc3CN2C(=O)C(NC(=O)OC(C)(C)C)C(C)(C)S)[C@H](C)c2ccccc2F)cc1. The van der Waals surface area contributed by atoms with Crippen LogP contribution in [-0.2, 0) is 38.6 Å². The topological polar surface area (TPSA) is 105 Å². The number of alkyl carbamates (subject to hydrolysis) is 1. The van der Waals surface area contributed by atoms with Crippen LogP contribution in [0.1, 0.15) is 80.2 Å². The van der Waals surface area contributed by atoms with Crippen molar-refractivity contribution >= 4 is 36.5 Å². The van der Waals surface area contributed by atoms with Gasteiger partial charge in [-0.1, -0.05) is 54.6 Å². The van der Waals surface area contributed by atoms with Crippen molar-refractivity contribution in [3.05, 3.63) is 106 Å². The Hall–Kier alpha value is -4.38. The van der Waals surface area contributed by atoms with Gasteiger partial charge in [0.05, 0.1) is 18.7 Å². The summed E-state index contributed by atoms with van der Waals surface area (Å²) in [4.78, 5) is 57.4. The number of ether oxygens (including phenoxy) is 2. The van der Waals surface area contributed by atoms with Crippen molar-refractivity contribution in [2.45, 2.75) is 89.5 Å². The Labute approximate surface area is 287 Å². The van der Waals surface area contributed by atoms with Gasteiger partial charge in [0, 0.05) is 29.8 Å². The summed E-state index contributed by atoms with van der Waals surface area (Å²) in [7, 11) is 1.30. The summed E-state index contributed by atoms with van der Waals surface area (Å²) in [6.07, 6.45) is -0.581. The smallest absolute Gasteiger partial charge is 0.408 e. The van der Waals surface area contributed by atoms with Crippen LogP contribution in [0.15, 0.2) is 72.8 Å². The number of benzene rings is 3. The van der Waals surface area contributed by atoms with Crippen molar-refractivity contribution in [1.29, 1.82) is 0 Å². The molecule has 1 heterocycles. The molecule has 48 heavy (non-hydrogen) atoms. The second-order valence-electron chi connectivity index (χ2n) is 13.5. The summed E-state index contributed by atoms with van der Waals surface area (Å²) in [5.41, 5.74) is 2.32. The van der Waals surface area contributed by atoms with E-state index in [2.05, 4.69) is 17.9 Å². The number of amides is 3. The van der Waals surface area contributed by atoms with Crippen LogP contribution < -0.4 is 5.32 Å². The molecular weight excluding hydrogens is 633 g/mol. The molecule has 0 aliphatic carbocycles. The van der Waals surface area contributed by atoms with E-state index in [-0.39, 0.29) is 19.5 Å². The largest absolute Gasteiger partial charge is 0.465 e. The first-order chi connectivity index (χ1) is 22.5. The Morgan fingerprint density at radius 3 is 2.15 bits per heavy atom. The first-order valence-electron chi connectivity index (χ1n) is 15.8. The number of hydrogen-bond acceptors (Lipinski definition) is 7. The molecule has 4 rings (SSSR count). The molecule has 0 saturated carbocycles. The summed E-state index contributed by atoms with van der Waals surface area (Å²) in [6.45, 7) is 10.5. The number of nitrogens with zero attached hydrogens (tertiary/aromatic N) is 2. The Morgan fingerprint density at radius 1 is 0.958 bits per heavy atom. The van der Waals surface area contributed by atoms with Gasteiger partial charge in [0.25, 0.3) is 0 Å². The maximum atomic E-state index is 15.2. The predicted octanol–water partition coefficient (Wildman–Crippen LogP) is 6.26. The van der Waals surface area contributed by atoms with E-state index >= 15 is 4.39 Å². The van der Waals surface area contributed by atoms with E-state index < -0.39 is 58.2 Å². The van der Waals surface area contributed by atoms with Crippen LogP contribution >= 0.6 is 12.6 Å². The van der Waals surface area contributed by atoms with Gasteiger partial charge < -0.3 is 24.6 Å². The minimum atomic E-state index is -1.15. The summed E-state index contributed by atoms with van der Waals surface area (Å²) in [6, 6.07) is 17.6. The fourth-order valence-corrected chi connectivity index (χ4v) is 5.92. The molecule has 9 nitrogen and oxygen atoms in total. The third kappa shape index (κ3) is 8.74. The van der Waals surface area contributed by atoms with Gasteiger partial charge >= 0.3 is 12.1 Å². The Kier molecular flexibility index (Phi) is 11.2. The highest BCUT2D eigenvalue weighted by Gasteiger charge is 2.44. The number of carbonyl (C=O) groups is 4. The molecule has 3 atom stereocenters. The van der Waals surface area contributed by atoms with Gasteiger partial charge in [0.1, 0.15) is 23.5 Å². The summed E-state index contributed by atoms with van der Waals surface area (Å²) in [5, 5.41) is 2.70. The standard InChI is InChI=1S/C37H44FN3O6S/c1-23(28-14-10-11-15-29(28)38)40(21-24-16-18-25(19-17-24)34(44)46-7)32(42)30-20-26-12-8-9-13-27(26)22-41(30)33(43)31(37(5,6)48)39-35(45)47-36(2,3)4/h8-19,23,30-31,48H,20-22H2,1-7H3,(H,39,45)/t23-,30?,31?/m1/s1. The molecule has 1 aliphatic rings. The molecule has 1 N–H and O–H groups in total. The van der Waals surface area contributed by atoms with Gasteiger partial charge in [0.15, 0.2) is 0 Å². The van der Waals surface area contributed by atoms with E-state index in [0.29, 0.717) is 16.7 Å². The monoisotopic (exact) mass is 677 g/mol. The van der Waals surface area contributed by atoms with Crippen molar-refractivity contribution < 1.29 is 33.0 Å². The highest BCUT2D eigenvalue weighted by atomic mass is 32.1. The minimum absolute atomic E-state index is 0.0631. The minimum Gasteiger partial charge on any atom is -0.465 e. The number of nitrogens with one attached hydrogen (secondary N) is 1. The molecule has 0 spiro atoms. The first kappa shape index (κ1) is 36.5. The lowest BCUT2D eigenvalue weighted by Crippen LogP contribution is -2.62. The van der Waals surface area contributed by atoms with E-state index in [1.54, 1.807) is 88.9 Å². The van der Waals surface area contributed by atoms with Gasteiger partial charge in [-0.25, -0.2) is 14.0 Å². The number of fused-ring (bicyclic) bond motifs is 1. The van der Waals surface area contributed by atoms with Crippen LogP contribution in [-0.4, -0.2) is 63.2 Å². The maximum Gasteiger partial charge on any atom is 0.408 e. The average Bonchev–Trinajstić information content (AvgIpc) is 3.03. The van der Waals surface area contributed by atoms with Crippen molar-refractivity contribution in [1.82, 2.24) is 15.1 Å². The Morgan fingerprint density at radius 2 is 1.56 bits per heavy atom. The normalized spacial score (nSPS) is 15.9. The van der Waals surface area contributed by atoms with Crippen molar-refractivity contribution in [2.24, 2.45) is 0 Å². The zero-order valence-corrected chi connectivity index (χ0v) is 29.3. The number of hydrogen-bond donors (Lipinski definition) is 2. The molecule has 3 amide bonds. The average molecular weight is 678 g/mol. The Balaban J connectivity index is 1.77. The molecule has 0 fully saturated rings. The fraction of sp³-hybridized carbons (Fsp3) is 0.405. The molecule has 2 unspecified atom stereocenters. The van der Waals surface area contributed by atoms with Crippen molar-refractivity contribution in [3.8, 4) is 0 Å². The molecule has 0 aromatic heterocycles. The third-order valence-electron chi connectivity index (χ3n) is 8.27. The molecule has 3 aromatic rings. The number of thiol groups is 1. The lowest BCUT2D eigenvalue weighted by atomic mass is 9.90. The zero-order valence-electron chi connectivity index (χ0n) is 28.5. The van der Waals surface area contributed by atoms with Gasteiger partial charge in [-0.05, 0) is 76.4 Å². The highest BCUT2D eigenvalue weighted by molar-refractivity contribution is 7.81. The van der Waals surface area contributed by atoms with Crippen LogP contribution in [0, 0.1) is 5.82 Å². The molecule has 11 heteroatoms. The lowest BCUT2D eigenvalue weighted by molar-refractivity contribution is -0.150. The first-order valence-corrected chi connectivity index (χ1v) is 16.3. The summed E-state index contributed by atoms with van der Waals surface area (Å²) in [5.74, 6) is -1.87. The molecule has 0 saturated heterocycles. The molecule has 256 valence electrons. The van der Waals surface area contributed by atoms with Crippen LogP contribution in [0.3, 0.4) is 0 Å². The van der Waals surface area contributed by atoms with E-state index in [4.69, 9.17) is 9.47 Å². The Bertz CT molecular complexity index is 1650. The number of esters is 1. The van der Waals surface area contributed by atoms with Gasteiger partial charge in [0.2, 0.25) is 11.8 Å². The number of carbonyl (C=O) groups excluding carboxylic acids is 4. The lowest BCUT2D eigenvalue weighted by Gasteiger charge is -2.43. The number of halogens is 1. The highest BCUT2D eigenvalue weighted by Crippen LogP contribution is 2.32. The van der Waals surface area contributed by atoms with Crippen LogP contribution in [0.2, 0.25) is 0 Å². The van der Waals surface area contributed by atoms with Crippen LogP contribution in [0.25, 0.3) is 0 Å². The third-order valence-corrected chi connectivity index (χ3v) is 8.52. The van der Waals surface area contributed by atoms with Gasteiger partial charge in [-0.15, -0.1) is 0 Å². The van der Waals surface area contributed by atoms with Crippen molar-refractivity contribution in [2.75, 3.05) is 7.11 Å². The van der Waals surface area contributed by atoms with Gasteiger partial charge in [-0.2, -0.15) is 12.6 Å². The van der Waals surface area contributed by atoms with Crippen LogP contribution in [0.4, 0.5) is 9.18 Å². The van der Waals surface area contributed by atoms with E-state index in [1.807, 2.05) is 24.3 Å². The van der Waals surface area contributed by atoms with Crippen molar-refractivity contribution in [3.63, 3.8) is 0 Å². The molecular formula is C37H44FN3O6S. The van der Waals surface area contributed by atoms with Gasteiger partial charge in [-0.3, -0.25) is 9.59 Å². The fourth-order valence-electron chi connectivity index (χ4n) is 5.75. The molecule has 1 aliphatic heterocycles. The molecule has 0 bridgehead atoms.